The minimum absolute atomic E-state index is 0.0254. The molecule has 26 heavy (non-hydrogen) atoms. The number of aromatic hydroxyl groups is 1. The highest BCUT2D eigenvalue weighted by molar-refractivity contribution is 6.32. The predicted molar refractivity (Wildman–Crippen MR) is 101 cm³/mol. The first kappa shape index (κ1) is 16.5. The van der Waals surface area contributed by atoms with Gasteiger partial charge in [-0.15, -0.1) is 0 Å². The number of fused-ring (bicyclic) bond motifs is 3. The van der Waals surface area contributed by atoms with Crippen molar-refractivity contribution in [2.45, 2.75) is 6.92 Å². The van der Waals surface area contributed by atoms with Crippen molar-refractivity contribution in [3.8, 4) is 28.5 Å². The molecule has 0 spiro atoms. The number of aromatic amines is 1. The van der Waals surface area contributed by atoms with E-state index in [4.69, 9.17) is 26.1 Å². The van der Waals surface area contributed by atoms with Crippen LogP contribution in [0.25, 0.3) is 33.1 Å². The zero-order valence-electron chi connectivity index (χ0n) is 14.4. The molecule has 0 bridgehead atoms. The Bertz CT molecular complexity index is 1150. The number of aromatic nitrogens is 3. The first-order valence-electron chi connectivity index (χ1n) is 7.92. The molecule has 0 unspecified atom stereocenters. The first-order chi connectivity index (χ1) is 12.5. The van der Waals surface area contributed by atoms with Gasteiger partial charge >= 0.3 is 0 Å². The van der Waals surface area contributed by atoms with Crippen LogP contribution < -0.4 is 9.47 Å². The standard InChI is InChI=1S/C19H16ClN3O3/c1-9-17-11-7-15(25-2)16(26-3)8-12(11)18(21-19(17)23-22-9)10-4-5-14(24)13(20)6-10/h4-8,24H,1-3H3,(H,21,22,23). The van der Waals surface area contributed by atoms with E-state index in [0.717, 1.165) is 27.4 Å². The lowest BCUT2D eigenvalue weighted by Gasteiger charge is -2.13. The molecule has 0 atom stereocenters. The van der Waals surface area contributed by atoms with Gasteiger partial charge in [0.1, 0.15) is 5.75 Å². The molecule has 6 nitrogen and oxygen atoms in total. The number of benzene rings is 2. The summed E-state index contributed by atoms with van der Waals surface area (Å²) in [4.78, 5) is 4.74. The highest BCUT2D eigenvalue weighted by atomic mass is 35.5. The molecule has 0 aliphatic carbocycles. The Morgan fingerprint density at radius 3 is 2.38 bits per heavy atom. The molecule has 0 amide bonds. The Hall–Kier alpha value is -2.99. The van der Waals surface area contributed by atoms with Crippen molar-refractivity contribution in [3.63, 3.8) is 0 Å². The van der Waals surface area contributed by atoms with Crippen LogP contribution in [0.4, 0.5) is 0 Å². The third-order valence-corrected chi connectivity index (χ3v) is 4.72. The summed E-state index contributed by atoms with van der Waals surface area (Å²) < 4.78 is 10.9. The number of pyridine rings is 1. The molecule has 4 aromatic rings. The van der Waals surface area contributed by atoms with E-state index in [0.29, 0.717) is 22.8 Å². The monoisotopic (exact) mass is 369 g/mol. The highest BCUT2D eigenvalue weighted by Gasteiger charge is 2.18. The average Bonchev–Trinajstić information content (AvgIpc) is 3.03. The van der Waals surface area contributed by atoms with Gasteiger partial charge in [-0.2, -0.15) is 5.10 Å². The Morgan fingerprint density at radius 2 is 1.73 bits per heavy atom. The molecule has 0 saturated carbocycles. The Kier molecular flexibility index (Phi) is 3.85. The summed E-state index contributed by atoms with van der Waals surface area (Å²) >= 11 is 6.10. The third kappa shape index (κ3) is 2.42. The maximum atomic E-state index is 9.72. The molecular weight excluding hydrogens is 354 g/mol. The van der Waals surface area contributed by atoms with Crippen molar-refractivity contribution in [2.75, 3.05) is 14.2 Å². The van der Waals surface area contributed by atoms with Crippen LogP contribution in [0, 0.1) is 6.92 Å². The average molecular weight is 370 g/mol. The van der Waals surface area contributed by atoms with Crippen LogP contribution in [-0.4, -0.2) is 34.5 Å². The zero-order chi connectivity index (χ0) is 18.4. The van der Waals surface area contributed by atoms with E-state index < -0.39 is 0 Å². The summed E-state index contributed by atoms with van der Waals surface area (Å²) in [5.41, 5.74) is 3.00. The molecular formula is C19H16ClN3O3. The van der Waals surface area contributed by atoms with Crippen LogP contribution in [0.5, 0.6) is 17.2 Å². The van der Waals surface area contributed by atoms with Crippen molar-refractivity contribution in [1.82, 2.24) is 15.2 Å². The normalized spacial score (nSPS) is 11.2. The predicted octanol–water partition coefficient (Wildman–Crippen LogP) is 4.46. The van der Waals surface area contributed by atoms with E-state index in [1.807, 2.05) is 19.1 Å². The van der Waals surface area contributed by atoms with E-state index in [1.165, 1.54) is 0 Å². The second-order valence-corrected chi connectivity index (χ2v) is 6.32. The smallest absolute Gasteiger partial charge is 0.161 e. The van der Waals surface area contributed by atoms with Gasteiger partial charge in [0.05, 0.1) is 30.6 Å². The fourth-order valence-corrected chi connectivity index (χ4v) is 3.33. The van der Waals surface area contributed by atoms with Crippen LogP contribution in [0.15, 0.2) is 30.3 Å². The summed E-state index contributed by atoms with van der Waals surface area (Å²) in [7, 11) is 3.20. The molecule has 2 N–H and O–H groups in total. The van der Waals surface area contributed by atoms with E-state index in [9.17, 15) is 5.11 Å². The lowest BCUT2D eigenvalue weighted by atomic mass is 10.00. The summed E-state index contributed by atoms with van der Waals surface area (Å²) in [6, 6.07) is 8.82. The first-order valence-corrected chi connectivity index (χ1v) is 8.30. The van der Waals surface area contributed by atoms with Crippen LogP contribution in [0.2, 0.25) is 5.02 Å². The van der Waals surface area contributed by atoms with Gasteiger partial charge in [0.15, 0.2) is 17.1 Å². The minimum atomic E-state index is 0.0254. The highest BCUT2D eigenvalue weighted by Crippen LogP contribution is 2.40. The minimum Gasteiger partial charge on any atom is -0.506 e. The number of hydrogen-bond acceptors (Lipinski definition) is 5. The van der Waals surface area contributed by atoms with E-state index in [1.54, 1.807) is 32.4 Å². The number of rotatable bonds is 3. The summed E-state index contributed by atoms with van der Waals surface area (Å²) in [6.45, 7) is 1.92. The maximum Gasteiger partial charge on any atom is 0.161 e. The lowest BCUT2D eigenvalue weighted by molar-refractivity contribution is 0.356. The molecule has 2 aromatic carbocycles. The SMILES string of the molecule is COc1cc2c(-c3ccc(O)c(Cl)c3)nc3[nH]nc(C)c3c2cc1OC. The molecule has 2 heterocycles. The molecule has 2 aromatic heterocycles. The zero-order valence-corrected chi connectivity index (χ0v) is 15.2. The van der Waals surface area contributed by atoms with E-state index in [2.05, 4.69) is 10.2 Å². The van der Waals surface area contributed by atoms with Gasteiger partial charge in [-0.1, -0.05) is 11.6 Å². The molecule has 0 saturated heterocycles. The fourth-order valence-electron chi connectivity index (χ4n) is 3.15. The molecule has 132 valence electrons. The van der Waals surface area contributed by atoms with Gasteiger partial charge in [0.2, 0.25) is 0 Å². The Balaban J connectivity index is 2.15. The Morgan fingerprint density at radius 1 is 1.04 bits per heavy atom. The summed E-state index contributed by atoms with van der Waals surface area (Å²) in [6.07, 6.45) is 0. The van der Waals surface area contributed by atoms with Gasteiger partial charge in [0, 0.05) is 21.7 Å². The maximum absolute atomic E-state index is 9.72. The second kappa shape index (κ2) is 6.07. The summed E-state index contributed by atoms with van der Waals surface area (Å²) in [5, 5.41) is 20.0. The third-order valence-electron chi connectivity index (χ3n) is 4.42. The van der Waals surface area contributed by atoms with Crippen LogP contribution >= 0.6 is 11.6 Å². The number of nitrogens with one attached hydrogen (secondary N) is 1. The molecule has 0 fully saturated rings. The van der Waals surface area contributed by atoms with Crippen molar-refractivity contribution < 1.29 is 14.6 Å². The Labute approximate surface area is 154 Å². The molecule has 0 radical (unpaired) electrons. The second-order valence-electron chi connectivity index (χ2n) is 5.91. The molecule has 0 aliphatic heterocycles. The number of hydrogen-bond donors (Lipinski definition) is 2. The number of ether oxygens (including phenoxy) is 2. The van der Waals surface area contributed by atoms with Crippen molar-refractivity contribution in [2.24, 2.45) is 0 Å². The van der Waals surface area contributed by atoms with E-state index in [-0.39, 0.29) is 10.8 Å². The number of halogens is 1. The number of H-pyrrole nitrogens is 1. The van der Waals surface area contributed by atoms with Gasteiger partial charge in [-0.05, 0) is 37.3 Å². The van der Waals surface area contributed by atoms with Gasteiger partial charge < -0.3 is 14.6 Å². The number of nitrogens with zero attached hydrogens (tertiary/aromatic N) is 2. The molecule has 4 rings (SSSR count). The fraction of sp³-hybridized carbons (Fsp3) is 0.158. The molecule has 7 heteroatoms. The molecule has 0 aliphatic rings. The van der Waals surface area contributed by atoms with Crippen molar-refractivity contribution in [1.29, 1.82) is 0 Å². The van der Waals surface area contributed by atoms with Crippen molar-refractivity contribution in [3.05, 3.63) is 41.0 Å². The van der Waals surface area contributed by atoms with Gasteiger partial charge in [-0.3, -0.25) is 5.10 Å². The number of aryl methyl sites for hydroxylation is 1. The van der Waals surface area contributed by atoms with Gasteiger partial charge in [-0.25, -0.2) is 4.98 Å². The topological polar surface area (TPSA) is 80.3 Å². The van der Waals surface area contributed by atoms with Crippen LogP contribution in [-0.2, 0) is 0 Å². The van der Waals surface area contributed by atoms with Crippen LogP contribution in [0.1, 0.15) is 5.69 Å². The lowest BCUT2D eigenvalue weighted by Crippen LogP contribution is -1.94. The quantitative estimate of drug-likeness (QED) is 0.557. The number of phenols is 1. The number of phenolic OH excluding ortho intramolecular Hbond substituents is 1. The number of methoxy groups -OCH3 is 2. The summed E-state index contributed by atoms with van der Waals surface area (Å²) in [5.74, 6) is 1.26. The van der Waals surface area contributed by atoms with Crippen molar-refractivity contribution >= 4 is 33.4 Å². The van der Waals surface area contributed by atoms with Crippen LogP contribution in [0.3, 0.4) is 0 Å². The van der Waals surface area contributed by atoms with Gasteiger partial charge in [0.25, 0.3) is 0 Å². The van der Waals surface area contributed by atoms with E-state index >= 15 is 0 Å². The largest absolute Gasteiger partial charge is 0.506 e.